The van der Waals surface area contributed by atoms with Gasteiger partial charge in [-0.05, 0) is 0 Å². The van der Waals surface area contributed by atoms with Crippen molar-refractivity contribution in [3.63, 3.8) is 0 Å². The molecule has 0 unspecified atom stereocenters. The quantitative estimate of drug-likeness (QED) is 0.294. The average Bonchev–Trinajstić information content (AvgIpc) is 2.68. The summed E-state index contributed by atoms with van der Waals surface area (Å²) in [5.74, 6) is -1.92. The standard InChI is InChI=1S/C9H4ClFN2O3.K/c10-9-8-7(4(11)1-13-9)5(2-12-8)16-6(15)3-14;/h1-3,12H;. The molecule has 1 N–H and O–H groups in total. The largest absolute Gasteiger partial charge is 0.419 e. The van der Waals surface area contributed by atoms with Crippen LogP contribution in [0, 0.1) is 5.82 Å². The van der Waals surface area contributed by atoms with Crippen molar-refractivity contribution in [2.24, 2.45) is 0 Å². The van der Waals surface area contributed by atoms with Crippen LogP contribution in [0.4, 0.5) is 4.39 Å². The molecule has 83 valence electrons. The first-order valence-electron chi connectivity index (χ1n) is 4.11. The van der Waals surface area contributed by atoms with Crippen LogP contribution in [0.25, 0.3) is 10.9 Å². The molecule has 17 heavy (non-hydrogen) atoms. The molecule has 2 heterocycles. The third-order valence-corrected chi connectivity index (χ3v) is 2.17. The smallest absolute Gasteiger partial charge is 0.376 e. The van der Waals surface area contributed by atoms with E-state index < -0.39 is 11.8 Å². The third-order valence-electron chi connectivity index (χ3n) is 1.89. The molecule has 0 bridgehead atoms. The summed E-state index contributed by atoms with van der Waals surface area (Å²) in [5.41, 5.74) is 0.204. The maximum absolute atomic E-state index is 13.4. The Balaban J connectivity index is 0.00000144. The summed E-state index contributed by atoms with van der Waals surface area (Å²) in [6.45, 7) is 0. The number of esters is 1. The fourth-order valence-corrected chi connectivity index (χ4v) is 1.46. The summed E-state index contributed by atoms with van der Waals surface area (Å²) >= 11 is 5.69. The molecule has 0 saturated heterocycles. The summed E-state index contributed by atoms with van der Waals surface area (Å²) in [5, 5.41) is 0.0278. The number of pyridine rings is 1. The van der Waals surface area contributed by atoms with Gasteiger partial charge in [0.1, 0.15) is 0 Å². The van der Waals surface area contributed by atoms with Crippen molar-refractivity contribution in [2.75, 3.05) is 0 Å². The Morgan fingerprint density at radius 2 is 2.29 bits per heavy atom. The van der Waals surface area contributed by atoms with Gasteiger partial charge in [-0.1, -0.05) is 11.6 Å². The minimum absolute atomic E-state index is 0. The van der Waals surface area contributed by atoms with E-state index in [2.05, 4.69) is 14.7 Å². The van der Waals surface area contributed by atoms with Gasteiger partial charge in [-0.25, -0.2) is 14.2 Å². The van der Waals surface area contributed by atoms with Crippen LogP contribution in [0.15, 0.2) is 12.4 Å². The Bertz CT molecular complexity index is 587. The van der Waals surface area contributed by atoms with E-state index >= 15 is 0 Å². The van der Waals surface area contributed by atoms with Gasteiger partial charge < -0.3 is 9.72 Å². The van der Waals surface area contributed by atoms with Gasteiger partial charge in [0.2, 0.25) is 6.29 Å². The van der Waals surface area contributed by atoms with Gasteiger partial charge in [-0.3, -0.25) is 4.79 Å². The van der Waals surface area contributed by atoms with Crippen molar-refractivity contribution in [3.05, 3.63) is 23.4 Å². The maximum atomic E-state index is 13.4. The number of aromatic amines is 1. The second kappa shape index (κ2) is 6.03. The van der Waals surface area contributed by atoms with Crippen molar-refractivity contribution in [3.8, 4) is 5.75 Å². The van der Waals surface area contributed by atoms with Gasteiger partial charge >= 0.3 is 5.97 Å². The topological polar surface area (TPSA) is 72.1 Å². The molecule has 0 aliphatic heterocycles. The molecule has 2 rings (SSSR count). The number of aldehydes is 1. The van der Waals surface area contributed by atoms with Crippen LogP contribution in [0.5, 0.6) is 5.75 Å². The van der Waals surface area contributed by atoms with Crippen LogP contribution in [-0.4, -0.2) is 73.6 Å². The Kier molecular flexibility index (Phi) is 5.23. The molecule has 0 saturated carbocycles. The first kappa shape index (κ1) is 14.7. The van der Waals surface area contributed by atoms with Crippen molar-refractivity contribution in [1.29, 1.82) is 0 Å². The van der Waals surface area contributed by atoms with Gasteiger partial charge in [0.15, 0.2) is 16.7 Å². The summed E-state index contributed by atoms with van der Waals surface area (Å²) in [6.07, 6.45) is 2.11. The van der Waals surface area contributed by atoms with Crippen molar-refractivity contribution < 1.29 is 18.7 Å². The molecule has 2 aromatic heterocycles. The van der Waals surface area contributed by atoms with Crippen LogP contribution < -0.4 is 4.74 Å². The zero-order chi connectivity index (χ0) is 11.7. The fourth-order valence-electron chi connectivity index (χ4n) is 1.26. The van der Waals surface area contributed by atoms with E-state index in [-0.39, 0.29) is 79.5 Å². The Morgan fingerprint density at radius 3 is 2.94 bits per heavy atom. The number of hydrogen-bond acceptors (Lipinski definition) is 4. The second-order valence-electron chi connectivity index (χ2n) is 2.84. The summed E-state index contributed by atoms with van der Waals surface area (Å²) in [7, 11) is 0. The molecular formula is C9H4ClFKN2O3. The van der Waals surface area contributed by atoms with E-state index in [9.17, 15) is 14.0 Å². The number of nitrogens with one attached hydrogen (secondary N) is 1. The molecule has 2 aromatic rings. The predicted molar refractivity (Wildman–Crippen MR) is 58.5 cm³/mol. The molecule has 0 aliphatic rings. The summed E-state index contributed by atoms with van der Waals surface area (Å²) < 4.78 is 18.0. The molecule has 0 aromatic carbocycles. The van der Waals surface area contributed by atoms with E-state index in [0.29, 0.717) is 0 Å². The van der Waals surface area contributed by atoms with Crippen LogP contribution >= 0.6 is 11.6 Å². The summed E-state index contributed by atoms with van der Waals surface area (Å²) in [4.78, 5) is 27.0. The Labute approximate surface area is 142 Å². The van der Waals surface area contributed by atoms with Crippen LogP contribution in [0.3, 0.4) is 0 Å². The van der Waals surface area contributed by atoms with Gasteiger partial charge in [-0.2, -0.15) is 0 Å². The number of hydrogen-bond donors (Lipinski definition) is 1. The van der Waals surface area contributed by atoms with Crippen molar-refractivity contribution >= 4 is 86.1 Å². The van der Waals surface area contributed by atoms with Crippen molar-refractivity contribution in [2.45, 2.75) is 0 Å². The number of aromatic nitrogens is 2. The SMILES string of the molecule is O=CC(=O)Oc1c[nH]c2c(Cl)ncc(F)c12.[K]. The van der Waals surface area contributed by atoms with E-state index in [0.717, 1.165) is 6.20 Å². The first-order valence-corrected chi connectivity index (χ1v) is 4.49. The van der Waals surface area contributed by atoms with Crippen LogP contribution in [0.2, 0.25) is 5.15 Å². The maximum Gasteiger partial charge on any atom is 0.376 e. The second-order valence-corrected chi connectivity index (χ2v) is 3.20. The minimum Gasteiger partial charge on any atom is -0.419 e. The number of carbonyl (C=O) groups is 2. The number of H-pyrrole nitrogens is 1. The molecule has 0 amide bonds. The number of nitrogens with zero attached hydrogens (tertiary/aromatic N) is 1. The number of rotatable bonds is 2. The number of halogens is 2. The molecule has 0 atom stereocenters. The molecule has 8 heteroatoms. The third kappa shape index (κ3) is 2.93. The van der Waals surface area contributed by atoms with Crippen molar-refractivity contribution in [1.82, 2.24) is 9.97 Å². The van der Waals surface area contributed by atoms with Crippen LogP contribution in [-0.2, 0) is 9.59 Å². The van der Waals surface area contributed by atoms with E-state index in [1.807, 2.05) is 0 Å². The predicted octanol–water partition coefficient (Wildman–Crippen LogP) is 1.08. The van der Waals surface area contributed by atoms with Gasteiger partial charge in [0.25, 0.3) is 0 Å². The Morgan fingerprint density at radius 1 is 1.59 bits per heavy atom. The number of fused-ring (bicyclic) bond motifs is 1. The summed E-state index contributed by atoms with van der Waals surface area (Å²) in [6, 6.07) is 0. The number of carbonyl (C=O) groups excluding carboxylic acids is 2. The molecule has 0 spiro atoms. The molecule has 1 radical (unpaired) electrons. The van der Waals surface area contributed by atoms with E-state index in [4.69, 9.17) is 11.6 Å². The van der Waals surface area contributed by atoms with Gasteiger partial charge in [-0.15, -0.1) is 0 Å². The molecular weight excluding hydrogens is 278 g/mol. The van der Waals surface area contributed by atoms with Gasteiger partial charge in [0.05, 0.1) is 17.1 Å². The molecule has 0 fully saturated rings. The van der Waals surface area contributed by atoms with E-state index in [1.165, 1.54) is 6.20 Å². The first-order chi connectivity index (χ1) is 7.63. The Hall–Kier alpha value is -0.314. The monoisotopic (exact) mass is 281 g/mol. The fraction of sp³-hybridized carbons (Fsp3) is 0. The normalized spacial score (nSPS) is 9.76. The van der Waals surface area contributed by atoms with Gasteiger partial charge in [0, 0.05) is 57.6 Å². The molecule has 0 aliphatic carbocycles. The zero-order valence-corrected chi connectivity index (χ0v) is 12.5. The minimum atomic E-state index is -1.12. The molecule has 5 nitrogen and oxygen atoms in total. The van der Waals surface area contributed by atoms with Crippen LogP contribution in [0.1, 0.15) is 0 Å². The number of ether oxygens (including phenoxy) is 1. The zero-order valence-electron chi connectivity index (χ0n) is 8.66. The average molecular weight is 282 g/mol. The van der Waals surface area contributed by atoms with E-state index in [1.54, 1.807) is 0 Å².